The number of carbonyl (C=O) groups is 2. The minimum atomic E-state index is -0.260. The van der Waals surface area contributed by atoms with Crippen LogP contribution in [0.1, 0.15) is 16.1 Å². The maximum Gasteiger partial charge on any atom is 0.257 e. The minimum Gasteiger partial charge on any atom is -0.467 e. The molecule has 0 bridgehead atoms. The summed E-state index contributed by atoms with van der Waals surface area (Å²) in [4.78, 5) is 29.3. The van der Waals surface area contributed by atoms with Crippen molar-refractivity contribution in [3.63, 3.8) is 0 Å². The maximum absolute atomic E-state index is 12.2. The Hall–Kier alpha value is -4.34. The standard InChI is InChI=1S/C20H17N7O3/c28-18(22-12-17-4-2-10-30-17)13-27-25-19(24-26-27)14-5-7-16(8-6-14)23-20(29)15-3-1-9-21-11-15/h1-11H,12-13H2,(H,22,28)(H,23,29). The molecule has 0 unspecified atom stereocenters. The highest BCUT2D eigenvalue weighted by Crippen LogP contribution is 2.17. The van der Waals surface area contributed by atoms with Gasteiger partial charge in [0.25, 0.3) is 5.91 Å². The van der Waals surface area contributed by atoms with Crippen LogP contribution in [0.15, 0.2) is 71.6 Å². The Labute approximate surface area is 170 Å². The van der Waals surface area contributed by atoms with E-state index in [1.54, 1.807) is 61.0 Å². The summed E-state index contributed by atoms with van der Waals surface area (Å²) in [6.45, 7) is 0.229. The van der Waals surface area contributed by atoms with E-state index < -0.39 is 0 Å². The first-order valence-corrected chi connectivity index (χ1v) is 9.06. The summed E-state index contributed by atoms with van der Waals surface area (Å²) in [6.07, 6.45) is 4.65. The zero-order valence-corrected chi connectivity index (χ0v) is 15.7. The molecule has 2 amide bonds. The van der Waals surface area contributed by atoms with Gasteiger partial charge in [0.1, 0.15) is 12.3 Å². The fraction of sp³-hybridized carbons (Fsp3) is 0.100. The number of furan rings is 1. The van der Waals surface area contributed by atoms with Crippen molar-refractivity contribution in [3.8, 4) is 11.4 Å². The van der Waals surface area contributed by atoms with E-state index in [0.717, 1.165) is 0 Å². The molecule has 0 radical (unpaired) electrons. The summed E-state index contributed by atoms with van der Waals surface area (Å²) in [5.41, 5.74) is 1.80. The van der Waals surface area contributed by atoms with E-state index in [4.69, 9.17) is 4.42 Å². The van der Waals surface area contributed by atoms with E-state index in [1.807, 2.05) is 0 Å². The molecule has 150 valence electrons. The molecular formula is C20H17N7O3. The molecule has 0 fully saturated rings. The Morgan fingerprint density at radius 3 is 2.67 bits per heavy atom. The predicted octanol–water partition coefficient (Wildman–Crippen LogP) is 1.90. The molecule has 0 aliphatic heterocycles. The lowest BCUT2D eigenvalue weighted by molar-refractivity contribution is -0.122. The van der Waals surface area contributed by atoms with Crippen LogP contribution in [-0.2, 0) is 17.9 Å². The number of tetrazole rings is 1. The highest BCUT2D eigenvalue weighted by atomic mass is 16.3. The van der Waals surface area contributed by atoms with Gasteiger partial charge in [-0.2, -0.15) is 4.80 Å². The van der Waals surface area contributed by atoms with E-state index >= 15 is 0 Å². The average molecular weight is 403 g/mol. The molecule has 0 saturated carbocycles. The van der Waals surface area contributed by atoms with E-state index in [-0.39, 0.29) is 18.4 Å². The normalized spacial score (nSPS) is 10.5. The number of hydrogen-bond acceptors (Lipinski definition) is 7. The smallest absolute Gasteiger partial charge is 0.257 e. The molecule has 10 heteroatoms. The Morgan fingerprint density at radius 1 is 1.07 bits per heavy atom. The zero-order chi connectivity index (χ0) is 20.8. The van der Waals surface area contributed by atoms with Gasteiger partial charge >= 0.3 is 0 Å². The number of nitrogens with one attached hydrogen (secondary N) is 2. The van der Waals surface area contributed by atoms with E-state index in [1.165, 1.54) is 11.0 Å². The minimum absolute atomic E-state index is 0.0625. The molecule has 2 N–H and O–H groups in total. The van der Waals surface area contributed by atoms with Gasteiger partial charge in [-0.05, 0) is 53.7 Å². The quantitative estimate of drug-likeness (QED) is 0.482. The molecular weight excluding hydrogens is 386 g/mol. The van der Waals surface area contributed by atoms with Crippen molar-refractivity contribution in [1.29, 1.82) is 0 Å². The molecule has 30 heavy (non-hydrogen) atoms. The highest BCUT2D eigenvalue weighted by molar-refractivity contribution is 6.04. The summed E-state index contributed by atoms with van der Waals surface area (Å²) in [7, 11) is 0. The number of anilines is 1. The fourth-order valence-electron chi connectivity index (χ4n) is 2.61. The summed E-state index contributed by atoms with van der Waals surface area (Å²) in [5, 5.41) is 17.6. The van der Waals surface area contributed by atoms with Crippen molar-refractivity contribution in [2.75, 3.05) is 5.32 Å². The van der Waals surface area contributed by atoms with Gasteiger partial charge in [0.15, 0.2) is 0 Å². The van der Waals surface area contributed by atoms with Crippen molar-refractivity contribution >= 4 is 17.5 Å². The number of nitrogens with zero attached hydrogens (tertiary/aromatic N) is 5. The van der Waals surface area contributed by atoms with Crippen LogP contribution in [0.2, 0.25) is 0 Å². The summed E-state index contributed by atoms with van der Waals surface area (Å²) < 4.78 is 5.16. The maximum atomic E-state index is 12.2. The van der Waals surface area contributed by atoms with Crippen LogP contribution in [-0.4, -0.2) is 37.0 Å². The third kappa shape index (κ3) is 4.73. The first-order chi connectivity index (χ1) is 14.7. The molecule has 4 rings (SSSR count). The van der Waals surface area contributed by atoms with E-state index in [9.17, 15) is 9.59 Å². The molecule has 3 aromatic heterocycles. The molecule has 1 aromatic carbocycles. The Balaban J connectivity index is 1.34. The van der Waals surface area contributed by atoms with Gasteiger partial charge in [-0.1, -0.05) is 0 Å². The lowest BCUT2D eigenvalue weighted by Crippen LogP contribution is -2.27. The monoisotopic (exact) mass is 403 g/mol. The Morgan fingerprint density at radius 2 is 1.93 bits per heavy atom. The van der Waals surface area contributed by atoms with Crippen molar-refractivity contribution in [2.24, 2.45) is 0 Å². The van der Waals surface area contributed by atoms with Crippen LogP contribution in [0.4, 0.5) is 5.69 Å². The Kier molecular flexibility index (Phi) is 5.56. The lowest BCUT2D eigenvalue weighted by atomic mass is 10.2. The molecule has 0 spiro atoms. The van der Waals surface area contributed by atoms with E-state index in [0.29, 0.717) is 34.9 Å². The van der Waals surface area contributed by atoms with Gasteiger partial charge in [-0.15, -0.1) is 10.2 Å². The van der Waals surface area contributed by atoms with Crippen molar-refractivity contribution in [1.82, 2.24) is 30.5 Å². The van der Waals surface area contributed by atoms with Crippen LogP contribution >= 0.6 is 0 Å². The van der Waals surface area contributed by atoms with Gasteiger partial charge in [0.2, 0.25) is 11.7 Å². The van der Waals surface area contributed by atoms with Crippen LogP contribution in [0.3, 0.4) is 0 Å². The first kappa shape index (κ1) is 19.0. The molecule has 0 aliphatic carbocycles. The topological polar surface area (TPSA) is 128 Å². The molecule has 0 saturated heterocycles. The average Bonchev–Trinajstić information content (AvgIpc) is 3.46. The third-order valence-electron chi connectivity index (χ3n) is 4.10. The SMILES string of the molecule is O=C(Cn1nnc(-c2ccc(NC(=O)c3cccnc3)cc2)n1)NCc1ccco1. The molecule has 0 aliphatic rings. The number of carbonyl (C=O) groups excluding carboxylic acids is 2. The van der Waals surface area contributed by atoms with Crippen LogP contribution in [0.25, 0.3) is 11.4 Å². The molecule has 0 atom stereocenters. The van der Waals surface area contributed by atoms with Crippen LogP contribution < -0.4 is 10.6 Å². The summed E-state index contributed by atoms with van der Waals surface area (Å²) in [5.74, 6) is 0.523. The molecule has 4 aromatic rings. The lowest BCUT2D eigenvalue weighted by Gasteiger charge is -2.05. The van der Waals surface area contributed by atoms with Gasteiger partial charge in [0, 0.05) is 23.6 Å². The predicted molar refractivity (Wildman–Crippen MR) is 106 cm³/mol. The first-order valence-electron chi connectivity index (χ1n) is 9.06. The van der Waals surface area contributed by atoms with Crippen LogP contribution in [0, 0.1) is 0 Å². The summed E-state index contributed by atoms with van der Waals surface area (Å²) in [6, 6.07) is 13.9. The highest BCUT2D eigenvalue weighted by Gasteiger charge is 2.11. The fourth-order valence-corrected chi connectivity index (χ4v) is 2.61. The van der Waals surface area contributed by atoms with Gasteiger partial charge in [-0.3, -0.25) is 14.6 Å². The summed E-state index contributed by atoms with van der Waals surface area (Å²) >= 11 is 0. The second-order valence-corrected chi connectivity index (χ2v) is 6.27. The van der Waals surface area contributed by atoms with Gasteiger partial charge in [-0.25, -0.2) is 0 Å². The number of hydrogen-bond donors (Lipinski definition) is 2. The van der Waals surface area contributed by atoms with Gasteiger partial charge in [0.05, 0.1) is 18.4 Å². The molecule has 3 heterocycles. The number of benzene rings is 1. The van der Waals surface area contributed by atoms with Gasteiger partial charge < -0.3 is 15.1 Å². The van der Waals surface area contributed by atoms with Crippen molar-refractivity contribution in [2.45, 2.75) is 13.1 Å². The number of pyridine rings is 1. The van der Waals surface area contributed by atoms with Crippen LogP contribution in [0.5, 0.6) is 0 Å². The largest absolute Gasteiger partial charge is 0.467 e. The molecule has 10 nitrogen and oxygen atoms in total. The second-order valence-electron chi connectivity index (χ2n) is 6.27. The number of aromatic nitrogens is 5. The third-order valence-corrected chi connectivity index (χ3v) is 4.10. The van der Waals surface area contributed by atoms with Crippen molar-refractivity contribution in [3.05, 3.63) is 78.5 Å². The second kappa shape index (κ2) is 8.78. The van der Waals surface area contributed by atoms with Crippen molar-refractivity contribution < 1.29 is 14.0 Å². The number of amides is 2. The van der Waals surface area contributed by atoms with E-state index in [2.05, 4.69) is 31.0 Å². The number of rotatable bonds is 7. The zero-order valence-electron chi connectivity index (χ0n) is 15.7. The Bertz CT molecular complexity index is 1120.